The van der Waals surface area contributed by atoms with Crippen LogP contribution in [0.4, 0.5) is 0 Å². The molecule has 1 amide bonds. The van der Waals surface area contributed by atoms with Crippen molar-refractivity contribution in [1.29, 1.82) is 0 Å². The van der Waals surface area contributed by atoms with Crippen molar-refractivity contribution in [2.75, 3.05) is 18.9 Å². The number of carbonyl (C=O) groups excluding carboxylic acids is 2. The van der Waals surface area contributed by atoms with Crippen LogP contribution in [0.1, 0.15) is 14.5 Å². The number of thiophene rings is 2. The summed E-state index contributed by atoms with van der Waals surface area (Å²) >= 11 is 10.3. The highest BCUT2D eigenvalue weighted by Gasteiger charge is 2.12. The number of amides is 1. The molecular formula is C14H14ClNO3S3. The number of nitrogens with one attached hydrogen (secondary N) is 1. The van der Waals surface area contributed by atoms with E-state index in [-0.39, 0.29) is 12.5 Å². The summed E-state index contributed by atoms with van der Waals surface area (Å²) in [6.07, 6.45) is 0. The van der Waals surface area contributed by atoms with E-state index in [1.54, 1.807) is 35.2 Å². The maximum atomic E-state index is 11.6. The molecule has 0 atom stereocenters. The Morgan fingerprint density at radius 3 is 2.86 bits per heavy atom. The van der Waals surface area contributed by atoms with Crippen molar-refractivity contribution < 1.29 is 14.3 Å². The van der Waals surface area contributed by atoms with Crippen LogP contribution in [0, 0.1) is 0 Å². The molecule has 0 aliphatic heterocycles. The molecule has 4 nitrogen and oxygen atoms in total. The van der Waals surface area contributed by atoms with Crippen LogP contribution < -0.4 is 5.32 Å². The van der Waals surface area contributed by atoms with Gasteiger partial charge in [0.2, 0.25) is 0 Å². The summed E-state index contributed by atoms with van der Waals surface area (Å²) in [4.78, 5) is 24.9. The van der Waals surface area contributed by atoms with Gasteiger partial charge in [0.05, 0.1) is 4.34 Å². The van der Waals surface area contributed by atoms with E-state index in [2.05, 4.69) is 11.4 Å². The van der Waals surface area contributed by atoms with Gasteiger partial charge in [-0.15, -0.1) is 22.7 Å². The largest absolute Gasteiger partial charge is 0.451 e. The Hall–Kier alpha value is -1.02. The Balaban J connectivity index is 1.55. The predicted octanol–water partition coefficient (Wildman–Crippen LogP) is 3.67. The molecule has 0 bridgehead atoms. The second-order valence-electron chi connectivity index (χ2n) is 4.16. The van der Waals surface area contributed by atoms with Crippen molar-refractivity contribution in [3.05, 3.63) is 43.7 Å². The van der Waals surface area contributed by atoms with Gasteiger partial charge in [-0.3, -0.25) is 4.79 Å². The minimum atomic E-state index is -0.529. The minimum Gasteiger partial charge on any atom is -0.451 e. The second kappa shape index (κ2) is 9.19. The van der Waals surface area contributed by atoms with Crippen LogP contribution in [0.2, 0.25) is 4.34 Å². The van der Waals surface area contributed by atoms with E-state index in [4.69, 9.17) is 16.3 Å². The summed E-state index contributed by atoms with van der Waals surface area (Å²) in [6.45, 7) is 0.279. The van der Waals surface area contributed by atoms with Crippen molar-refractivity contribution in [2.24, 2.45) is 0 Å². The molecule has 0 aromatic carbocycles. The fourth-order valence-electron chi connectivity index (χ4n) is 1.51. The van der Waals surface area contributed by atoms with E-state index < -0.39 is 5.97 Å². The summed E-state index contributed by atoms with van der Waals surface area (Å²) in [5.74, 6) is 0.937. The van der Waals surface area contributed by atoms with E-state index in [1.165, 1.54) is 4.88 Å². The Kier molecular flexibility index (Phi) is 7.24. The lowest BCUT2D eigenvalue weighted by Crippen LogP contribution is -2.30. The number of rotatable bonds is 8. The van der Waals surface area contributed by atoms with E-state index in [0.29, 0.717) is 15.8 Å². The highest BCUT2D eigenvalue weighted by Crippen LogP contribution is 2.21. The molecule has 118 valence electrons. The number of hydrogen-bond acceptors (Lipinski definition) is 6. The monoisotopic (exact) mass is 375 g/mol. The van der Waals surface area contributed by atoms with Gasteiger partial charge in [-0.1, -0.05) is 17.7 Å². The first-order valence-corrected chi connectivity index (χ1v) is 9.67. The number of halogens is 1. The van der Waals surface area contributed by atoms with Gasteiger partial charge in [-0.05, 0) is 23.6 Å². The van der Waals surface area contributed by atoms with Crippen molar-refractivity contribution in [1.82, 2.24) is 5.32 Å². The zero-order valence-corrected chi connectivity index (χ0v) is 14.7. The van der Waals surface area contributed by atoms with Gasteiger partial charge in [0.1, 0.15) is 4.88 Å². The molecule has 2 aromatic heterocycles. The van der Waals surface area contributed by atoms with Gasteiger partial charge in [-0.2, -0.15) is 11.8 Å². The molecular weight excluding hydrogens is 362 g/mol. The van der Waals surface area contributed by atoms with E-state index in [9.17, 15) is 9.59 Å². The number of carbonyl (C=O) groups is 2. The van der Waals surface area contributed by atoms with Gasteiger partial charge < -0.3 is 10.1 Å². The molecule has 0 fully saturated rings. The molecule has 0 radical (unpaired) electrons. The molecule has 0 spiro atoms. The highest BCUT2D eigenvalue weighted by molar-refractivity contribution is 7.98. The van der Waals surface area contributed by atoms with Gasteiger partial charge in [0.15, 0.2) is 6.61 Å². The predicted molar refractivity (Wildman–Crippen MR) is 93.1 cm³/mol. The molecule has 0 aliphatic carbocycles. The Morgan fingerprint density at radius 2 is 2.18 bits per heavy atom. The molecule has 8 heteroatoms. The minimum absolute atomic E-state index is 0.274. The standard InChI is InChI=1S/C14H14ClNO3S3/c15-12-4-3-11(22-12)14(18)19-8-13(17)16-5-7-20-9-10-2-1-6-21-10/h1-4,6H,5,7-9H2,(H,16,17). The summed E-state index contributed by atoms with van der Waals surface area (Å²) in [6, 6.07) is 7.31. The third-order valence-electron chi connectivity index (χ3n) is 2.50. The van der Waals surface area contributed by atoms with Gasteiger partial charge >= 0.3 is 5.97 Å². The van der Waals surface area contributed by atoms with E-state index in [1.807, 2.05) is 11.4 Å². The fraction of sp³-hybridized carbons (Fsp3) is 0.286. The van der Waals surface area contributed by atoms with Crippen molar-refractivity contribution in [3.8, 4) is 0 Å². The lowest BCUT2D eigenvalue weighted by molar-refractivity contribution is -0.124. The molecule has 0 unspecified atom stereocenters. The smallest absolute Gasteiger partial charge is 0.348 e. The van der Waals surface area contributed by atoms with Gasteiger partial charge in [-0.25, -0.2) is 4.79 Å². The molecule has 2 heterocycles. The maximum absolute atomic E-state index is 11.6. The van der Waals surface area contributed by atoms with Crippen LogP contribution in [-0.2, 0) is 15.3 Å². The number of esters is 1. The van der Waals surface area contributed by atoms with Crippen molar-refractivity contribution in [3.63, 3.8) is 0 Å². The average Bonchev–Trinajstić information content (AvgIpc) is 3.16. The van der Waals surface area contributed by atoms with Crippen LogP contribution in [0.3, 0.4) is 0 Å². The fourth-order valence-corrected chi connectivity index (χ4v) is 4.14. The van der Waals surface area contributed by atoms with Crippen molar-refractivity contribution in [2.45, 2.75) is 5.75 Å². The molecule has 0 saturated carbocycles. The van der Waals surface area contributed by atoms with E-state index in [0.717, 1.165) is 22.8 Å². The Bertz CT molecular complexity index is 613. The summed E-state index contributed by atoms with van der Waals surface area (Å²) in [5, 5.41) is 4.77. The summed E-state index contributed by atoms with van der Waals surface area (Å²) < 4.78 is 5.43. The third-order valence-corrected chi connectivity index (χ3v) is 5.78. The molecule has 2 aromatic rings. The quantitative estimate of drug-likeness (QED) is 0.565. The highest BCUT2D eigenvalue weighted by atomic mass is 35.5. The van der Waals surface area contributed by atoms with Crippen LogP contribution >= 0.6 is 46.0 Å². The molecule has 0 aliphatic rings. The molecule has 0 saturated heterocycles. The molecule has 22 heavy (non-hydrogen) atoms. The van der Waals surface area contributed by atoms with Crippen molar-refractivity contribution >= 4 is 57.9 Å². The lowest BCUT2D eigenvalue weighted by atomic mass is 10.5. The summed E-state index contributed by atoms with van der Waals surface area (Å²) in [5.41, 5.74) is 0. The Labute approximate surface area is 145 Å². The van der Waals surface area contributed by atoms with Crippen LogP contribution in [0.25, 0.3) is 0 Å². The average molecular weight is 376 g/mol. The van der Waals surface area contributed by atoms with Crippen LogP contribution in [0.5, 0.6) is 0 Å². The molecule has 2 rings (SSSR count). The first kappa shape index (κ1) is 17.3. The first-order valence-electron chi connectivity index (χ1n) is 6.44. The number of thioether (sulfide) groups is 1. The van der Waals surface area contributed by atoms with Crippen LogP contribution in [0.15, 0.2) is 29.6 Å². The first-order chi connectivity index (χ1) is 10.6. The summed E-state index contributed by atoms with van der Waals surface area (Å²) in [7, 11) is 0. The number of hydrogen-bond donors (Lipinski definition) is 1. The third kappa shape index (κ3) is 6.00. The van der Waals surface area contributed by atoms with Crippen LogP contribution in [-0.4, -0.2) is 30.8 Å². The van der Waals surface area contributed by atoms with Gasteiger partial charge in [0, 0.05) is 22.9 Å². The maximum Gasteiger partial charge on any atom is 0.348 e. The zero-order chi connectivity index (χ0) is 15.8. The topological polar surface area (TPSA) is 55.4 Å². The normalized spacial score (nSPS) is 10.4. The molecule has 1 N–H and O–H groups in total. The van der Waals surface area contributed by atoms with Gasteiger partial charge in [0.25, 0.3) is 5.91 Å². The van der Waals surface area contributed by atoms with E-state index >= 15 is 0 Å². The zero-order valence-electron chi connectivity index (χ0n) is 11.5. The Morgan fingerprint density at radius 1 is 1.32 bits per heavy atom. The lowest BCUT2D eigenvalue weighted by Gasteiger charge is -2.05. The second-order valence-corrected chi connectivity index (χ2v) is 8.01. The number of ether oxygens (including phenoxy) is 1. The SMILES string of the molecule is O=C(COC(=O)c1ccc(Cl)s1)NCCSCc1cccs1.